The van der Waals surface area contributed by atoms with Crippen LogP contribution in [0, 0.1) is 17.2 Å². The van der Waals surface area contributed by atoms with Gasteiger partial charge in [-0.2, -0.15) is 5.26 Å². The lowest BCUT2D eigenvalue weighted by molar-refractivity contribution is 0.164. The molecule has 0 saturated heterocycles. The molecule has 1 unspecified atom stereocenters. The lowest BCUT2D eigenvalue weighted by Crippen LogP contribution is -2.21. The molecule has 3 nitrogen and oxygen atoms in total. The first kappa shape index (κ1) is 12.0. The Morgan fingerprint density at radius 2 is 1.95 bits per heavy atom. The molecule has 19 heavy (non-hydrogen) atoms. The smallest absolute Gasteiger partial charge is 0.0998 e. The van der Waals surface area contributed by atoms with E-state index >= 15 is 0 Å². The fraction of sp³-hybridized carbons (Fsp3) is 0.312. The van der Waals surface area contributed by atoms with Crippen molar-refractivity contribution in [1.29, 1.82) is 5.26 Å². The minimum atomic E-state index is -0.269. The third-order valence-electron chi connectivity index (χ3n) is 3.71. The fourth-order valence-corrected chi connectivity index (χ4v) is 2.41. The molecule has 0 radical (unpaired) electrons. The second-order valence-electron chi connectivity index (χ2n) is 5.10. The summed E-state index contributed by atoms with van der Waals surface area (Å²) in [6.07, 6.45) is 2.00. The first-order valence-corrected chi connectivity index (χ1v) is 6.63. The molecule has 2 aromatic rings. The number of anilines is 1. The van der Waals surface area contributed by atoms with Gasteiger partial charge in [0.1, 0.15) is 0 Å². The maximum Gasteiger partial charge on any atom is 0.0998 e. The van der Waals surface area contributed by atoms with Crippen LogP contribution in [0.5, 0.6) is 0 Å². The summed E-state index contributed by atoms with van der Waals surface area (Å²) < 4.78 is 0. The SMILES string of the molecule is N#Cc1ccc(NCC(O)C2CC2)c2ccccc12. The molecule has 1 fully saturated rings. The maximum atomic E-state index is 9.91. The minimum absolute atomic E-state index is 0.269. The number of aliphatic hydroxyl groups excluding tert-OH is 1. The second-order valence-corrected chi connectivity index (χ2v) is 5.10. The predicted octanol–water partition coefficient (Wildman–Crippen LogP) is 2.89. The van der Waals surface area contributed by atoms with Crippen LogP contribution in [-0.2, 0) is 0 Å². The van der Waals surface area contributed by atoms with E-state index in [1.807, 2.05) is 36.4 Å². The van der Waals surface area contributed by atoms with Gasteiger partial charge in [-0.05, 0) is 30.9 Å². The van der Waals surface area contributed by atoms with E-state index in [0.717, 1.165) is 29.3 Å². The van der Waals surface area contributed by atoms with Crippen molar-refractivity contribution in [2.75, 3.05) is 11.9 Å². The minimum Gasteiger partial charge on any atom is -0.391 e. The average Bonchev–Trinajstić information content (AvgIpc) is 3.29. The van der Waals surface area contributed by atoms with Gasteiger partial charge in [0.2, 0.25) is 0 Å². The Balaban J connectivity index is 1.89. The van der Waals surface area contributed by atoms with Gasteiger partial charge >= 0.3 is 0 Å². The number of nitrogens with zero attached hydrogens (tertiary/aromatic N) is 1. The Bertz CT molecular complexity index is 641. The number of rotatable bonds is 4. The normalized spacial score (nSPS) is 16.0. The lowest BCUT2D eigenvalue weighted by atomic mass is 10.0. The monoisotopic (exact) mass is 252 g/mol. The van der Waals surface area contributed by atoms with Crippen molar-refractivity contribution in [3.8, 4) is 6.07 Å². The molecule has 0 aliphatic heterocycles. The molecule has 3 heteroatoms. The fourth-order valence-electron chi connectivity index (χ4n) is 2.41. The lowest BCUT2D eigenvalue weighted by Gasteiger charge is -2.14. The molecule has 1 atom stereocenters. The maximum absolute atomic E-state index is 9.91. The molecule has 3 rings (SSSR count). The van der Waals surface area contributed by atoms with E-state index in [0.29, 0.717) is 18.0 Å². The van der Waals surface area contributed by atoms with Crippen LogP contribution in [0.1, 0.15) is 18.4 Å². The first-order chi connectivity index (χ1) is 9.29. The quantitative estimate of drug-likeness (QED) is 0.879. The van der Waals surface area contributed by atoms with Gasteiger partial charge in [-0.25, -0.2) is 0 Å². The Morgan fingerprint density at radius 1 is 1.21 bits per heavy atom. The summed E-state index contributed by atoms with van der Waals surface area (Å²) in [6, 6.07) is 13.8. The standard InChI is InChI=1S/C16H16N2O/c17-9-12-7-8-15(14-4-2-1-3-13(12)14)18-10-16(19)11-5-6-11/h1-4,7-8,11,16,18-19H,5-6,10H2. The highest BCUT2D eigenvalue weighted by Crippen LogP contribution is 2.33. The van der Waals surface area contributed by atoms with E-state index in [9.17, 15) is 5.11 Å². The third-order valence-corrected chi connectivity index (χ3v) is 3.71. The van der Waals surface area contributed by atoms with Gasteiger partial charge in [-0.15, -0.1) is 0 Å². The number of benzene rings is 2. The summed E-state index contributed by atoms with van der Waals surface area (Å²) in [4.78, 5) is 0. The van der Waals surface area contributed by atoms with Crippen LogP contribution in [0.2, 0.25) is 0 Å². The number of fused-ring (bicyclic) bond motifs is 1. The van der Waals surface area contributed by atoms with Crippen molar-refractivity contribution in [3.63, 3.8) is 0 Å². The Kier molecular flexibility index (Phi) is 3.10. The molecular formula is C16H16N2O. The van der Waals surface area contributed by atoms with E-state index in [2.05, 4.69) is 11.4 Å². The highest BCUT2D eigenvalue weighted by atomic mass is 16.3. The zero-order valence-corrected chi connectivity index (χ0v) is 10.6. The molecular weight excluding hydrogens is 236 g/mol. The van der Waals surface area contributed by atoms with Crippen LogP contribution >= 0.6 is 0 Å². The molecule has 96 valence electrons. The average molecular weight is 252 g/mol. The van der Waals surface area contributed by atoms with Crippen molar-refractivity contribution in [2.45, 2.75) is 18.9 Å². The second kappa shape index (κ2) is 4.91. The number of nitriles is 1. The zero-order chi connectivity index (χ0) is 13.2. The van der Waals surface area contributed by atoms with Crippen molar-refractivity contribution < 1.29 is 5.11 Å². The largest absolute Gasteiger partial charge is 0.391 e. The van der Waals surface area contributed by atoms with Gasteiger partial charge in [0.05, 0.1) is 17.7 Å². The Morgan fingerprint density at radius 3 is 2.63 bits per heavy atom. The summed E-state index contributed by atoms with van der Waals surface area (Å²) in [7, 11) is 0. The number of nitrogens with one attached hydrogen (secondary N) is 1. The molecule has 2 N–H and O–H groups in total. The van der Waals surface area contributed by atoms with E-state index < -0.39 is 0 Å². The predicted molar refractivity (Wildman–Crippen MR) is 75.9 cm³/mol. The van der Waals surface area contributed by atoms with Crippen molar-refractivity contribution in [1.82, 2.24) is 0 Å². The highest BCUT2D eigenvalue weighted by Gasteiger charge is 2.29. The summed E-state index contributed by atoms with van der Waals surface area (Å²) in [6.45, 7) is 0.570. The molecule has 0 aromatic heterocycles. The van der Waals surface area contributed by atoms with Crippen LogP contribution in [0.3, 0.4) is 0 Å². The molecule has 0 bridgehead atoms. The van der Waals surface area contributed by atoms with Crippen molar-refractivity contribution >= 4 is 16.5 Å². The van der Waals surface area contributed by atoms with Crippen LogP contribution in [0.4, 0.5) is 5.69 Å². The van der Waals surface area contributed by atoms with Crippen LogP contribution in [0.25, 0.3) is 10.8 Å². The van der Waals surface area contributed by atoms with Gasteiger partial charge in [0.15, 0.2) is 0 Å². The summed E-state index contributed by atoms with van der Waals surface area (Å²) in [5.74, 6) is 0.470. The van der Waals surface area contributed by atoms with Gasteiger partial charge in [-0.3, -0.25) is 0 Å². The van der Waals surface area contributed by atoms with Crippen molar-refractivity contribution in [3.05, 3.63) is 42.0 Å². The summed E-state index contributed by atoms with van der Waals surface area (Å²) in [5, 5.41) is 24.3. The summed E-state index contributed by atoms with van der Waals surface area (Å²) in [5.41, 5.74) is 1.66. The first-order valence-electron chi connectivity index (χ1n) is 6.63. The topological polar surface area (TPSA) is 56.0 Å². The number of aliphatic hydroxyl groups is 1. The molecule has 0 amide bonds. The molecule has 2 aromatic carbocycles. The van der Waals surface area contributed by atoms with Crippen LogP contribution in [-0.4, -0.2) is 17.8 Å². The number of hydrogen-bond acceptors (Lipinski definition) is 3. The Hall–Kier alpha value is -2.05. The van der Waals surface area contributed by atoms with Crippen molar-refractivity contribution in [2.24, 2.45) is 5.92 Å². The molecule has 1 saturated carbocycles. The Labute approximate surface area is 112 Å². The van der Waals surface area contributed by atoms with Gasteiger partial charge in [0.25, 0.3) is 0 Å². The zero-order valence-electron chi connectivity index (χ0n) is 10.6. The van der Waals surface area contributed by atoms with Gasteiger partial charge < -0.3 is 10.4 Å². The van der Waals surface area contributed by atoms with Gasteiger partial charge in [-0.1, -0.05) is 24.3 Å². The van der Waals surface area contributed by atoms with E-state index in [1.165, 1.54) is 0 Å². The molecule has 0 heterocycles. The molecule has 1 aliphatic carbocycles. The van der Waals surface area contributed by atoms with E-state index in [-0.39, 0.29) is 6.10 Å². The summed E-state index contributed by atoms with van der Waals surface area (Å²) >= 11 is 0. The van der Waals surface area contributed by atoms with Crippen LogP contribution in [0.15, 0.2) is 36.4 Å². The van der Waals surface area contributed by atoms with Gasteiger partial charge in [0, 0.05) is 23.0 Å². The number of hydrogen-bond donors (Lipinski definition) is 2. The van der Waals surface area contributed by atoms with E-state index in [4.69, 9.17) is 5.26 Å². The third kappa shape index (κ3) is 2.40. The van der Waals surface area contributed by atoms with Crippen LogP contribution < -0.4 is 5.32 Å². The van der Waals surface area contributed by atoms with E-state index in [1.54, 1.807) is 0 Å². The highest BCUT2D eigenvalue weighted by molar-refractivity contribution is 5.97. The molecule has 0 spiro atoms. The molecule has 1 aliphatic rings.